The van der Waals surface area contributed by atoms with Crippen molar-refractivity contribution in [2.75, 3.05) is 13.2 Å². The topological polar surface area (TPSA) is 92.8 Å². The molecule has 3 rings (SSSR count). The Kier molecular flexibility index (Phi) is 5.29. The molecular weight excluding hydrogens is 368 g/mol. The van der Waals surface area contributed by atoms with Gasteiger partial charge in [0.2, 0.25) is 10.0 Å². The largest absolute Gasteiger partial charge is 0.439 e. The van der Waals surface area contributed by atoms with Crippen LogP contribution in [0.15, 0.2) is 53.4 Å². The fourth-order valence-electron chi connectivity index (χ4n) is 2.99. The first-order chi connectivity index (χ1) is 12.8. The highest BCUT2D eigenvalue weighted by molar-refractivity contribution is 7.89. The molecular formula is C19H20N2O5S. The van der Waals surface area contributed by atoms with Gasteiger partial charge in [0.15, 0.2) is 6.61 Å². The highest BCUT2D eigenvalue weighted by Gasteiger charge is 2.34. The van der Waals surface area contributed by atoms with Crippen molar-refractivity contribution in [3.8, 4) is 0 Å². The van der Waals surface area contributed by atoms with Gasteiger partial charge in [0, 0.05) is 0 Å². The van der Waals surface area contributed by atoms with Gasteiger partial charge in [-0.05, 0) is 31.0 Å². The summed E-state index contributed by atoms with van der Waals surface area (Å²) in [5, 5.41) is 0. The quantitative estimate of drug-likeness (QED) is 0.820. The normalized spacial score (nSPS) is 15.7. The van der Waals surface area contributed by atoms with Crippen LogP contribution in [0, 0.1) is 13.8 Å². The van der Waals surface area contributed by atoms with Crippen molar-refractivity contribution in [1.82, 2.24) is 9.62 Å². The summed E-state index contributed by atoms with van der Waals surface area (Å²) in [6.07, 6.45) is -0.772. The molecule has 1 aliphatic rings. The Labute approximate surface area is 158 Å². The van der Waals surface area contributed by atoms with E-state index in [1.807, 2.05) is 6.92 Å². The summed E-state index contributed by atoms with van der Waals surface area (Å²) in [6, 6.07) is 13.1. The second kappa shape index (κ2) is 7.50. The standard InChI is InChI=1S/C19H20N2O5S/c1-13-8-9-17(14(2)10-13)27(24,25)20-16(15-6-4-3-5-7-15)11-21-18(22)12-26-19(21)23/h3-10,16,20H,11-12H2,1-2H3. The number of cyclic esters (lactones) is 1. The minimum atomic E-state index is -3.87. The van der Waals surface area contributed by atoms with E-state index in [0.717, 1.165) is 10.5 Å². The Bertz CT molecular complexity index is 957. The van der Waals surface area contributed by atoms with E-state index in [-0.39, 0.29) is 18.0 Å². The van der Waals surface area contributed by atoms with Crippen LogP contribution in [0.1, 0.15) is 22.7 Å². The molecule has 0 aliphatic carbocycles. The van der Waals surface area contributed by atoms with E-state index in [2.05, 4.69) is 4.72 Å². The molecule has 1 heterocycles. The van der Waals surface area contributed by atoms with Crippen molar-refractivity contribution >= 4 is 22.0 Å². The number of amides is 2. The Balaban J connectivity index is 1.93. The zero-order chi connectivity index (χ0) is 19.6. The number of hydrogen-bond acceptors (Lipinski definition) is 5. The van der Waals surface area contributed by atoms with Crippen LogP contribution in [0.5, 0.6) is 0 Å². The molecule has 142 valence electrons. The maximum atomic E-state index is 13.0. The van der Waals surface area contributed by atoms with Crippen molar-refractivity contribution < 1.29 is 22.7 Å². The number of carbonyl (C=O) groups excluding carboxylic acids is 2. The summed E-state index contributed by atoms with van der Waals surface area (Å²) in [5.74, 6) is -0.494. The van der Waals surface area contributed by atoms with Crippen LogP contribution in [0.4, 0.5) is 4.79 Å². The summed E-state index contributed by atoms with van der Waals surface area (Å²) in [6.45, 7) is 3.13. The first kappa shape index (κ1) is 19.1. The van der Waals surface area contributed by atoms with Gasteiger partial charge < -0.3 is 4.74 Å². The number of carbonyl (C=O) groups is 2. The van der Waals surface area contributed by atoms with Gasteiger partial charge in [-0.15, -0.1) is 0 Å². The van der Waals surface area contributed by atoms with E-state index in [0.29, 0.717) is 11.1 Å². The highest BCUT2D eigenvalue weighted by atomic mass is 32.2. The molecule has 1 fully saturated rings. The summed E-state index contributed by atoms with van der Waals surface area (Å²) in [7, 11) is -3.87. The third kappa shape index (κ3) is 4.17. The average molecular weight is 388 g/mol. The highest BCUT2D eigenvalue weighted by Crippen LogP contribution is 2.22. The number of benzene rings is 2. The fraction of sp³-hybridized carbons (Fsp3) is 0.263. The van der Waals surface area contributed by atoms with Crippen LogP contribution >= 0.6 is 0 Å². The molecule has 0 aromatic heterocycles. The molecule has 2 aromatic carbocycles. The first-order valence-electron chi connectivity index (χ1n) is 8.39. The van der Waals surface area contributed by atoms with Crippen molar-refractivity contribution in [2.45, 2.75) is 24.8 Å². The molecule has 1 saturated heterocycles. The third-order valence-electron chi connectivity index (χ3n) is 4.33. The molecule has 8 heteroatoms. The lowest BCUT2D eigenvalue weighted by molar-refractivity contribution is -0.126. The average Bonchev–Trinajstić information content (AvgIpc) is 2.93. The molecule has 0 bridgehead atoms. The number of aryl methyl sites for hydroxylation is 2. The zero-order valence-electron chi connectivity index (χ0n) is 15.0. The second-order valence-electron chi connectivity index (χ2n) is 6.41. The van der Waals surface area contributed by atoms with E-state index in [9.17, 15) is 18.0 Å². The summed E-state index contributed by atoms with van der Waals surface area (Å²) >= 11 is 0. The van der Waals surface area contributed by atoms with E-state index >= 15 is 0 Å². The molecule has 1 unspecified atom stereocenters. The van der Waals surface area contributed by atoms with Gasteiger partial charge in [0.1, 0.15) is 0 Å². The van der Waals surface area contributed by atoms with Crippen LogP contribution in [-0.2, 0) is 19.6 Å². The van der Waals surface area contributed by atoms with Gasteiger partial charge in [-0.25, -0.2) is 22.8 Å². The summed E-state index contributed by atoms with van der Waals surface area (Å²) < 4.78 is 33.3. The van der Waals surface area contributed by atoms with Crippen LogP contribution < -0.4 is 4.72 Å². The number of imide groups is 1. The molecule has 2 amide bonds. The van der Waals surface area contributed by atoms with Crippen molar-refractivity contribution in [3.05, 3.63) is 65.2 Å². The second-order valence-corrected chi connectivity index (χ2v) is 8.09. The predicted octanol–water partition coefficient (Wildman–Crippen LogP) is 2.30. The van der Waals surface area contributed by atoms with E-state index in [4.69, 9.17) is 4.74 Å². The SMILES string of the molecule is Cc1ccc(S(=O)(=O)NC(CN2C(=O)COC2=O)c2ccccc2)c(C)c1. The van der Waals surface area contributed by atoms with Gasteiger partial charge in [-0.2, -0.15) is 0 Å². The van der Waals surface area contributed by atoms with E-state index in [1.165, 1.54) is 0 Å². The molecule has 1 N–H and O–H groups in total. The van der Waals surface area contributed by atoms with Gasteiger partial charge in [-0.1, -0.05) is 48.0 Å². The van der Waals surface area contributed by atoms with Crippen LogP contribution in [0.2, 0.25) is 0 Å². The van der Waals surface area contributed by atoms with Gasteiger partial charge in [0.05, 0.1) is 17.5 Å². The number of ether oxygens (including phenoxy) is 1. The lowest BCUT2D eigenvalue weighted by atomic mass is 10.1. The summed E-state index contributed by atoms with van der Waals surface area (Å²) in [5.41, 5.74) is 2.21. The molecule has 27 heavy (non-hydrogen) atoms. The van der Waals surface area contributed by atoms with Crippen LogP contribution in [0.25, 0.3) is 0 Å². The van der Waals surface area contributed by atoms with Crippen molar-refractivity contribution in [2.24, 2.45) is 0 Å². The Morgan fingerprint density at radius 1 is 1.11 bits per heavy atom. The molecule has 0 radical (unpaired) electrons. The Morgan fingerprint density at radius 3 is 2.41 bits per heavy atom. The van der Waals surface area contributed by atoms with E-state index < -0.39 is 28.1 Å². The molecule has 0 saturated carbocycles. The summed E-state index contributed by atoms with van der Waals surface area (Å²) in [4.78, 5) is 24.7. The first-order valence-corrected chi connectivity index (χ1v) is 9.88. The molecule has 0 spiro atoms. The van der Waals surface area contributed by atoms with Crippen LogP contribution in [0.3, 0.4) is 0 Å². The number of sulfonamides is 1. The Hall–Kier alpha value is -2.71. The molecule has 7 nitrogen and oxygen atoms in total. The third-order valence-corrected chi connectivity index (χ3v) is 5.96. The number of hydrogen-bond donors (Lipinski definition) is 1. The number of rotatable bonds is 6. The maximum absolute atomic E-state index is 13.0. The minimum absolute atomic E-state index is 0.147. The van der Waals surface area contributed by atoms with Crippen molar-refractivity contribution in [3.63, 3.8) is 0 Å². The lowest BCUT2D eigenvalue weighted by Crippen LogP contribution is -2.40. The predicted molar refractivity (Wildman–Crippen MR) is 98.5 cm³/mol. The molecule has 2 aromatic rings. The van der Waals surface area contributed by atoms with Gasteiger partial charge in [0.25, 0.3) is 5.91 Å². The zero-order valence-corrected chi connectivity index (χ0v) is 15.8. The lowest BCUT2D eigenvalue weighted by Gasteiger charge is -2.23. The van der Waals surface area contributed by atoms with Crippen LogP contribution in [-0.4, -0.2) is 38.5 Å². The monoisotopic (exact) mass is 388 g/mol. The Morgan fingerprint density at radius 2 is 1.81 bits per heavy atom. The van der Waals surface area contributed by atoms with Crippen molar-refractivity contribution in [1.29, 1.82) is 0 Å². The number of nitrogens with zero attached hydrogens (tertiary/aromatic N) is 1. The minimum Gasteiger partial charge on any atom is -0.439 e. The van der Waals surface area contributed by atoms with Gasteiger partial charge >= 0.3 is 6.09 Å². The molecule has 1 atom stereocenters. The maximum Gasteiger partial charge on any atom is 0.417 e. The smallest absolute Gasteiger partial charge is 0.417 e. The molecule has 1 aliphatic heterocycles. The number of nitrogens with one attached hydrogen (secondary N) is 1. The fourth-order valence-corrected chi connectivity index (χ4v) is 4.43. The van der Waals surface area contributed by atoms with Gasteiger partial charge in [-0.3, -0.25) is 4.79 Å². The van der Waals surface area contributed by atoms with E-state index in [1.54, 1.807) is 55.5 Å².